The van der Waals surface area contributed by atoms with E-state index in [4.69, 9.17) is 5.73 Å². The molecule has 0 heterocycles. The largest absolute Gasteiger partial charge is 0.398 e. The van der Waals surface area contributed by atoms with Gasteiger partial charge in [-0.1, -0.05) is 6.07 Å². The number of rotatable bonds is 2. The Morgan fingerprint density at radius 3 is 2.24 bits per heavy atom. The zero-order valence-electron chi connectivity index (χ0n) is 12.7. The first-order valence-corrected chi connectivity index (χ1v) is 8.22. The van der Waals surface area contributed by atoms with E-state index in [1.165, 1.54) is 19.3 Å². The molecule has 3 N–H and O–H groups in total. The number of nitrogens with two attached hydrogens (primary N) is 1. The summed E-state index contributed by atoms with van der Waals surface area (Å²) in [7, 11) is 0. The first-order valence-electron chi connectivity index (χ1n) is 8.22. The molecule has 3 nitrogen and oxygen atoms in total. The molecule has 3 heteroatoms. The summed E-state index contributed by atoms with van der Waals surface area (Å²) in [5, 5.41) is 3.15. The summed E-state index contributed by atoms with van der Waals surface area (Å²) >= 11 is 0. The molecule has 4 bridgehead atoms. The molecule has 0 aromatic heterocycles. The average molecular weight is 284 g/mol. The molecule has 5 rings (SSSR count). The number of hydrogen-bond acceptors (Lipinski definition) is 2. The third kappa shape index (κ3) is 2.14. The molecular weight excluding hydrogens is 260 g/mol. The van der Waals surface area contributed by atoms with Crippen LogP contribution in [0.15, 0.2) is 18.2 Å². The highest BCUT2D eigenvalue weighted by Crippen LogP contribution is 2.60. The predicted molar refractivity (Wildman–Crippen MR) is 84.8 cm³/mol. The second-order valence-electron chi connectivity index (χ2n) is 7.72. The van der Waals surface area contributed by atoms with Crippen molar-refractivity contribution in [3.8, 4) is 0 Å². The topological polar surface area (TPSA) is 55.1 Å². The first kappa shape index (κ1) is 13.2. The molecule has 0 atom stereocenters. The zero-order valence-corrected chi connectivity index (χ0v) is 12.7. The number of carbonyl (C=O) groups excluding carboxylic acids is 1. The molecule has 112 valence electrons. The van der Waals surface area contributed by atoms with Gasteiger partial charge in [-0.15, -0.1) is 0 Å². The molecule has 4 aliphatic carbocycles. The van der Waals surface area contributed by atoms with Crippen LogP contribution < -0.4 is 11.1 Å². The van der Waals surface area contributed by atoms with E-state index in [0.29, 0.717) is 0 Å². The number of aryl methyl sites for hydroxylation is 1. The summed E-state index contributed by atoms with van der Waals surface area (Å²) in [5.41, 5.74) is 8.52. The Labute approximate surface area is 126 Å². The lowest BCUT2D eigenvalue weighted by Crippen LogP contribution is -2.51. The number of amides is 1. The van der Waals surface area contributed by atoms with Gasteiger partial charge in [-0.25, -0.2) is 0 Å². The molecule has 0 aliphatic heterocycles. The SMILES string of the molecule is Cc1ccc(NC(=O)C23CC4CC(CC(C4)C2)C3)cc1N. The van der Waals surface area contributed by atoms with Gasteiger partial charge in [-0.2, -0.15) is 0 Å². The smallest absolute Gasteiger partial charge is 0.230 e. The summed E-state index contributed by atoms with van der Waals surface area (Å²) in [6.45, 7) is 1.99. The molecule has 1 aromatic carbocycles. The van der Waals surface area contributed by atoms with E-state index in [2.05, 4.69) is 5.32 Å². The number of carbonyl (C=O) groups is 1. The Hall–Kier alpha value is -1.51. The number of benzene rings is 1. The second kappa shape index (κ2) is 4.49. The summed E-state index contributed by atoms with van der Waals surface area (Å²) in [5.74, 6) is 2.63. The first-order chi connectivity index (χ1) is 10.0. The van der Waals surface area contributed by atoms with E-state index in [1.807, 2.05) is 25.1 Å². The van der Waals surface area contributed by atoms with E-state index in [9.17, 15) is 4.79 Å². The standard InChI is InChI=1S/C18H24N2O/c1-11-2-3-15(7-16(11)19)20-17(21)18-8-12-4-13(9-18)6-14(5-12)10-18/h2-3,7,12-14H,4-6,8-10,19H2,1H3,(H,20,21). The van der Waals surface area contributed by atoms with Crippen LogP contribution in [0.25, 0.3) is 0 Å². The Balaban J connectivity index is 1.56. The summed E-state index contributed by atoms with van der Waals surface area (Å²) in [6, 6.07) is 5.82. The molecule has 0 saturated heterocycles. The van der Waals surface area contributed by atoms with Crippen LogP contribution in [0.5, 0.6) is 0 Å². The quantitative estimate of drug-likeness (QED) is 0.813. The number of nitrogens with one attached hydrogen (secondary N) is 1. The number of hydrogen-bond donors (Lipinski definition) is 2. The van der Waals surface area contributed by atoms with Crippen molar-refractivity contribution in [1.29, 1.82) is 0 Å². The molecule has 4 saturated carbocycles. The van der Waals surface area contributed by atoms with Crippen LogP contribution in [0.3, 0.4) is 0 Å². The zero-order chi connectivity index (χ0) is 14.6. The van der Waals surface area contributed by atoms with Crippen LogP contribution in [-0.4, -0.2) is 5.91 Å². The fourth-order valence-electron chi connectivity index (χ4n) is 5.37. The molecule has 1 aromatic rings. The van der Waals surface area contributed by atoms with E-state index < -0.39 is 0 Å². The summed E-state index contributed by atoms with van der Waals surface area (Å²) in [6.07, 6.45) is 7.41. The van der Waals surface area contributed by atoms with E-state index in [0.717, 1.165) is 54.0 Å². The van der Waals surface area contributed by atoms with Gasteiger partial charge in [0.1, 0.15) is 0 Å². The van der Waals surface area contributed by atoms with Crippen LogP contribution in [0.1, 0.15) is 44.1 Å². The fraction of sp³-hybridized carbons (Fsp3) is 0.611. The number of nitrogen functional groups attached to an aromatic ring is 1. The van der Waals surface area contributed by atoms with Crippen LogP contribution in [-0.2, 0) is 4.79 Å². The molecule has 1 amide bonds. The van der Waals surface area contributed by atoms with Gasteiger partial charge in [0, 0.05) is 11.4 Å². The minimum Gasteiger partial charge on any atom is -0.398 e. The summed E-state index contributed by atoms with van der Waals surface area (Å²) < 4.78 is 0. The minimum atomic E-state index is -0.0889. The molecule has 4 aliphatic rings. The van der Waals surface area contributed by atoms with Gasteiger partial charge in [-0.3, -0.25) is 4.79 Å². The molecule has 4 fully saturated rings. The van der Waals surface area contributed by atoms with Gasteiger partial charge in [0.05, 0.1) is 5.41 Å². The van der Waals surface area contributed by atoms with Gasteiger partial charge in [-0.05, 0) is 80.9 Å². The third-order valence-electron chi connectivity index (χ3n) is 6.06. The second-order valence-corrected chi connectivity index (χ2v) is 7.72. The lowest BCUT2D eigenvalue weighted by Gasteiger charge is -2.55. The Bertz CT molecular complexity index is 558. The van der Waals surface area contributed by atoms with Crippen LogP contribution >= 0.6 is 0 Å². The maximum absolute atomic E-state index is 12.9. The van der Waals surface area contributed by atoms with Gasteiger partial charge in [0.15, 0.2) is 0 Å². The Morgan fingerprint density at radius 1 is 1.14 bits per heavy atom. The highest BCUT2D eigenvalue weighted by molar-refractivity contribution is 5.96. The fourth-order valence-corrected chi connectivity index (χ4v) is 5.37. The van der Waals surface area contributed by atoms with Crippen LogP contribution in [0.4, 0.5) is 11.4 Å². The monoisotopic (exact) mass is 284 g/mol. The van der Waals surface area contributed by atoms with Crippen molar-refractivity contribution < 1.29 is 4.79 Å². The number of anilines is 2. The van der Waals surface area contributed by atoms with Crippen LogP contribution in [0, 0.1) is 30.1 Å². The maximum Gasteiger partial charge on any atom is 0.230 e. The van der Waals surface area contributed by atoms with Crippen molar-refractivity contribution in [2.24, 2.45) is 23.2 Å². The van der Waals surface area contributed by atoms with Gasteiger partial charge in [0.2, 0.25) is 5.91 Å². The molecule has 0 radical (unpaired) electrons. The highest BCUT2D eigenvalue weighted by atomic mass is 16.2. The third-order valence-corrected chi connectivity index (χ3v) is 6.06. The average Bonchev–Trinajstić information content (AvgIpc) is 2.41. The minimum absolute atomic E-state index is 0.0889. The Kier molecular flexibility index (Phi) is 2.82. The van der Waals surface area contributed by atoms with Gasteiger partial charge >= 0.3 is 0 Å². The van der Waals surface area contributed by atoms with Crippen molar-refractivity contribution in [1.82, 2.24) is 0 Å². The highest BCUT2D eigenvalue weighted by Gasteiger charge is 2.54. The molecular formula is C18H24N2O. The summed E-state index contributed by atoms with van der Waals surface area (Å²) in [4.78, 5) is 12.9. The van der Waals surface area contributed by atoms with E-state index in [-0.39, 0.29) is 11.3 Å². The van der Waals surface area contributed by atoms with Crippen molar-refractivity contribution >= 4 is 17.3 Å². The van der Waals surface area contributed by atoms with Crippen molar-refractivity contribution in [2.75, 3.05) is 11.1 Å². The predicted octanol–water partition coefficient (Wildman–Crippen LogP) is 3.73. The lowest BCUT2D eigenvalue weighted by molar-refractivity contribution is -0.140. The van der Waals surface area contributed by atoms with E-state index in [1.54, 1.807) is 0 Å². The van der Waals surface area contributed by atoms with Crippen molar-refractivity contribution in [3.63, 3.8) is 0 Å². The molecule has 0 unspecified atom stereocenters. The maximum atomic E-state index is 12.9. The van der Waals surface area contributed by atoms with E-state index >= 15 is 0 Å². The Morgan fingerprint density at radius 2 is 1.71 bits per heavy atom. The van der Waals surface area contributed by atoms with Crippen molar-refractivity contribution in [2.45, 2.75) is 45.4 Å². The lowest BCUT2D eigenvalue weighted by atomic mass is 9.49. The molecule has 21 heavy (non-hydrogen) atoms. The van der Waals surface area contributed by atoms with Crippen LogP contribution in [0.2, 0.25) is 0 Å². The van der Waals surface area contributed by atoms with Gasteiger partial charge < -0.3 is 11.1 Å². The normalized spacial score (nSPS) is 36.7. The van der Waals surface area contributed by atoms with Crippen molar-refractivity contribution in [3.05, 3.63) is 23.8 Å². The molecule has 0 spiro atoms. The van der Waals surface area contributed by atoms with Gasteiger partial charge in [0.25, 0.3) is 0 Å².